The lowest BCUT2D eigenvalue weighted by molar-refractivity contribution is 0.414. The third-order valence-corrected chi connectivity index (χ3v) is 2.75. The Labute approximate surface area is 97.0 Å². The summed E-state index contributed by atoms with van der Waals surface area (Å²) < 4.78 is 5.13. The van der Waals surface area contributed by atoms with Gasteiger partial charge >= 0.3 is 0 Å². The Kier molecular flexibility index (Phi) is 3.48. The Balaban J connectivity index is 2.10. The number of nitrogens with one attached hydrogen (secondary N) is 1. The summed E-state index contributed by atoms with van der Waals surface area (Å²) in [5.74, 6) is 8.10. The van der Waals surface area contributed by atoms with Crippen LogP contribution in [0.25, 0.3) is 0 Å². The summed E-state index contributed by atoms with van der Waals surface area (Å²) in [7, 11) is 3.62. The van der Waals surface area contributed by atoms with Crippen molar-refractivity contribution in [1.82, 2.24) is 5.32 Å². The summed E-state index contributed by atoms with van der Waals surface area (Å²) in [5.41, 5.74) is 1.19. The first-order valence-corrected chi connectivity index (χ1v) is 5.65. The SMILES string of the molecule is CN[C@@H](C#CC1CC1)c1ccc(OC)cc1. The number of rotatable bonds is 3. The van der Waals surface area contributed by atoms with Crippen molar-refractivity contribution >= 4 is 0 Å². The van der Waals surface area contributed by atoms with Crippen molar-refractivity contribution < 1.29 is 4.74 Å². The zero-order valence-electron chi connectivity index (χ0n) is 9.79. The summed E-state index contributed by atoms with van der Waals surface area (Å²) >= 11 is 0. The molecule has 1 atom stereocenters. The Hall–Kier alpha value is -1.46. The highest BCUT2D eigenvalue weighted by Crippen LogP contribution is 2.28. The molecule has 0 heterocycles. The van der Waals surface area contributed by atoms with Gasteiger partial charge in [-0.2, -0.15) is 0 Å². The van der Waals surface area contributed by atoms with E-state index in [2.05, 4.69) is 29.3 Å². The van der Waals surface area contributed by atoms with Crippen LogP contribution < -0.4 is 10.1 Å². The molecule has 1 N–H and O–H groups in total. The average molecular weight is 215 g/mol. The van der Waals surface area contributed by atoms with Gasteiger partial charge in [-0.25, -0.2) is 0 Å². The van der Waals surface area contributed by atoms with Crippen molar-refractivity contribution in [3.8, 4) is 17.6 Å². The van der Waals surface area contributed by atoms with Crippen molar-refractivity contribution in [2.24, 2.45) is 5.92 Å². The predicted molar refractivity (Wildman–Crippen MR) is 65.3 cm³/mol. The van der Waals surface area contributed by atoms with Gasteiger partial charge in [0.2, 0.25) is 0 Å². The molecule has 84 valence electrons. The van der Waals surface area contributed by atoms with Gasteiger partial charge in [-0.1, -0.05) is 24.0 Å². The molecular weight excluding hydrogens is 198 g/mol. The normalized spacial score (nSPS) is 16.1. The summed E-state index contributed by atoms with van der Waals surface area (Å²) in [5, 5.41) is 3.22. The van der Waals surface area contributed by atoms with Crippen molar-refractivity contribution in [3.63, 3.8) is 0 Å². The van der Waals surface area contributed by atoms with Crippen molar-refractivity contribution in [2.45, 2.75) is 18.9 Å². The van der Waals surface area contributed by atoms with E-state index in [1.165, 1.54) is 18.4 Å². The smallest absolute Gasteiger partial charge is 0.118 e. The van der Waals surface area contributed by atoms with Crippen LogP contribution in [0.5, 0.6) is 5.75 Å². The van der Waals surface area contributed by atoms with E-state index in [0.29, 0.717) is 5.92 Å². The molecule has 1 aromatic rings. The molecule has 0 saturated heterocycles. The third-order valence-electron chi connectivity index (χ3n) is 2.75. The minimum Gasteiger partial charge on any atom is -0.497 e. The fraction of sp³-hybridized carbons (Fsp3) is 0.429. The average Bonchev–Trinajstić information content (AvgIpc) is 3.15. The summed E-state index contributed by atoms with van der Waals surface area (Å²) in [6.07, 6.45) is 2.54. The van der Waals surface area contributed by atoms with E-state index in [1.54, 1.807) is 7.11 Å². The van der Waals surface area contributed by atoms with E-state index in [4.69, 9.17) is 4.74 Å². The van der Waals surface area contributed by atoms with Gasteiger partial charge < -0.3 is 10.1 Å². The van der Waals surface area contributed by atoms with E-state index < -0.39 is 0 Å². The Morgan fingerprint density at radius 3 is 2.50 bits per heavy atom. The van der Waals surface area contributed by atoms with Crippen LogP contribution in [0.2, 0.25) is 0 Å². The number of methoxy groups -OCH3 is 1. The van der Waals surface area contributed by atoms with Crippen LogP contribution in [-0.2, 0) is 0 Å². The van der Waals surface area contributed by atoms with Crippen LogP contribution in [0, 0.1) is 17.8 Å². The van der Waals surface area contributed by atoms with Crippen LogP contribution in [0.4, 0.5) is 0 Å². The van der Waals surface area contributed by atoms with Crippen molar-refractivity contribution in [2.75, 3.05) is 14.2 Å². The van der Waals surface area contributed by atoms with Gasteiger partial charge in [0.1, 0.15) is 5.75 Å². The standard InChI is InChI=1S/C14H17NO/c1-15-14(10-5-11-3-4-11)12-6-8-13(16-2)9-7-12/h6-9,11,14-15H,3-4H2,1-2H3/t14-/m0/s1. The van der Waals surface area contributed by atoms with Gasteiger partial charge in [0.15, 0.2) is 0 Å². The highest BCUT2D eigenvalue weighted by atomic mass is 16.5. The molecule has 2 nitrogen and oxygen atoms in total. The maximum atomic E-state index is 5.13. The molecular formula is C14H17NO. The van der Waals surface area contributed by atoms with Gasteiger partial charge in [-0.05, 0) is 37.6 Å². The predicted octanol–water partition coefficient (Wildman–Crippen LogP) is 2.37. The highest BCUT2D eigenvalue weighted by Gasteiger charge is 2.18. The van der Waals surface area contributed by atoms with Gasteiger partial charge in [-0.3, -0.25) is 0 Å². The zero-order chi connectivity index (χ0) is 11.4. The molecule has 0 aliphatic heterocycles. The molecule has 0 aromatic heterocycles. The maximum Gasteiger partial charge on any atom is 0.118 e. The molecule has 2 heteroatoms. The monoisotopic (exact) mass is 215 g/mol. The molecule has 0 bridgehead atoms. The first-order valence-electron chi connectivity index (χ1n) is 5.65. The highest BCUT2D eigenvalue weighted by molar-refractivity contribution is 5.33. The van der Waals surface area contributed by atoms with E-state index in [1.807, 2.05) is 19.2 Å². The number of benzene rings is 1. The molecule has 1 saturated carbocycles. The number of ether oxygens (including phenoxy) is 1. The Morgan fingerprint density at radius 1 is 1.31 bits per heavy atom. The summed E-state index contributed by atoms with van der Waals surface area (Å²) in [6, 6.07) is 8.19. The van der Waals surface area contributed by atoms with Crippen LogP contribution in [0.15, 0.2) is 24.3 Å². The molecule has 0 amide bonds. The summed E-state index contributed by atoms with van der Waals surface area (Å²) in [6.45, 7) is 0. The quantitative estimate of drug-likeness (QED) is 0.782. The molecule has 1 aliphatic carbocycles. The molecule has 16 heavy (non-hydrogen) atoms. The van der Waals surface area contributed by atoms with Crippen LogP contribution in [0.1, 0.15) is 24.4 Å². The zero-order valence-corrected chi connectivity index (χ0v) is 9.79. The minimum absolute atomic E-state index is 0.131. The lowest BCUT2D eigenvalue weighted by Gasteiger charge is -2.10. The fourth-order valence-corrected chi connectivity index (χ4v) is 1.55. The van der Waals surface area contributed by atoms with E-state index in [0.717, 1.165) is 5.75 Å². The number of hydrogen-bond acceptors (Lipinski definition) is 2. The van der Waals surface area contributed by atoms with E-state index in [9.17, 15) is 0 Å². The minimum atomic E-state index is 0.131. The molecule has 1 aliphatic rings. The van der Waals surface area contributed by atoms with E-state index in [-0.39, 0.29) is 6.04 Å². The maximum absolute atomic E-state index is 5.13. The first kappa shape index (κ1) is 11.0. The van der Waals surface area contributed by atoms with Crippen LogP contribution in [0.3, 0.4) is 0 Å². The fourth-order valence-electron chi connectivity index (χ4n) is 1.55. The Bertz CT molecular complexity index is 395. The van der Waals surface area contributed by atoms with Gasteiger partial charge in [0.05, 0.1) is 13.2 Å². The second-order valence-electron chi connectivity index (χ2n) is 4.06. The second kappa shape index (κ2) is 5.05. The largest absolute Gasteiger partial charge is 0.497 e. The first-order chi connectivity index (χ1) is 7.83. The Morgan fingerprint density at radius 2 is 2.00 bits per heavy atom. The molecule has 1 fully saturated rings. The molecule has 0 radical (unpaired) electrons. The van der Waals surface area contributed by atoms with Gasteiger partial charge in [0.25, 0.3) is 0 Å². The van der Waals surface area contributed by atoms with Crippen molar-refractivity contribution in [1.29, 1.82) is 0 Å². The van der Waals surface area contributed by atoms with Crippen LogP contribution in [-0.4, -0.2) is 14.2 Å². The van der Waals surface area contributed by atoms with Crippen molar-refractivity contribution in [3.05, 3.63) is 29.8 Å². The third kappa shape index (κ3) is 2.77. The molecule has 0 unspecified atom stereocenters. The van der Waals surface area contributed by atoms with E-state index >= 15 is 0 Å². The lowest BCUT2D eigenvalue weighted by Crippen LogP contribution is -2.14. The summed E-state index contributed by atoms with van der Waals surface area (Å²) in [4.78, 5) is 0. The topological polar surface area (TPSA) is 21.3 Å². The lowest BCUT2D eigenvalue weighted by atomic mass is 10.1. The second-order valence-corrected chi connectivity index (χ2v) is 4.06. The molecule has 0 spiro atoms. The van der Waals surface area contributed by atoms with Crippen LogP contribution >= 0.6 is 0 Å². The number of hydrogen-bond donors (Lipinski definition) is 1. The van der Waals surface area contributed by atoms with Gasteiger partial charge in [-0.15, -0.1) is 0 Å². The molecule has 2 rings (SSSR count). The molecule has 1 aromatic carbocycles. The van der Waals surface area contributed by atoms with Gasteiger partial charge in [0, 0.05) is 5.92 Å².